The summed E-state index contributed by atoms with van der Waals surface area (Å²) >= 11 is 0. The van der Waals surface area contributed by atoms with Gasteiger partial charge in [-0.05, 0) is 18.1 Å². The molecular formula is C13H15N3O. The van der Waals surface area contributed by atoms with Crippen molar-refractivity contribution in [2.75, 3.05) is 30.3 Å². The summed E-state index contributed by atoms with van der Waals surface area (Å²) in [7, 11) is 0. The summed E-state index contributed by atoms with van der Waals surface area (Å²) in [4.78, 5) is 13.6. The minimum absolute atomic E-state index is 0.0703. The van der Waals surface area contributed by atoms with E-state index in [-0.39, 0.29) is 12.5 Å². The number of rotatable bonds is 3. The minimum Gasteiger partial charge on any atom is -0.397 e. The monoisotopic (exact) mass is 229 g/mol. The Labute approximate surface area is 101 Å². The molecule has 17 heavy (non-hydrogen) atoms. The van der Waals surface area contributed by atoms with E-state index in [0.29, 0.717) is 6.54 Å². The van der Waals surface area contributed by atoms with E-state index in [1.807, 2.05) is 23.1 Å². The molecule has 1 aliphatic heterocycles. The van der Waals surface area contributed by atoms with Gasteiger partial charge in [-0.2, -0.15) is 0 Å². The molecular weight excluding hydrogens is 214 g/mol. The lowest BCUT2D eigenvalue weighted by molar-refractivity contribution is -0.119. The zero-order chi connectivity index (χ0) is 12.3. The molecule has 0 atom stereocenters. The Kier molecular flexibility index (Phi) is 3.20. The maximum atomic E-state index is 11.6. The Bertz CT molecular complexity index is 476. The largest absolute Gasteiger partial charge is 0.397 e. The SMILES string of the molecule is C#CCNC(=O)CN1CCc2cccc(N)c21. The van der Waals surface area contributed by atoms with Gasteiger partial charge in [0.1, 0.15) is 0 Å². The smallest absolute Gasteiger partial charge is 0.240 e. The average Bonchev–Trinajstić information content (AvgIpc) is 2.71. The number of terminal acetylenes is 1. The van der Waals surface area contributed by atoms with Crippen LogP contribution in [0.15, 0.2) is 18.2 Å². The lowest BCUT2D eigenvalue weighted by atomic mass is 10.1. The molecule has 4 heteroatoms. The normalized spacial score (nSPS) is 13.0. The van der Waals surface area contributed by atoms with Crippen LogP contribution < -0.4 is 16.0 Å². The van der Waals surface area contributed by atoms with Crippen molar-refractivity contribution in [2.24, 2.45) is 0 Å². The van der Waals surface area contributed by atoms with Crippen molar-refractivity contribution >= 4 is 17.3 Å². The van der Waals surface area contributed by atoms with Gasteiger partial charge in [0.15, 0.2) is 0 Å². The summed E-state index contributed by atoms with van der Waals surface area (Å²) < 4.78 is 0. The van der Waals surface area contributed by atoms with Crippen LogP contribution in [-0.2, 0) is 11.2 Å². The molecule has 0 saturated heterocycles. The van der Waals surface area contributed by atoms with Crippen molar-refractivity contribution in [2.45, 2.75) is 6.42 Å². The van der Waals surface area contributed by atoms with E-state index >= 15 is 0 Å². The molecule has 1 aromatic rings. The van der Waals surface area contributed by atoms with E-state index < -0.39 is 0 Å². The number of fused-ring (bicyclic) bond motifs is 1. The molecule has 2 rings (SSSR count). The van der Waals surface area contributed by atoms with E-state index in [4.69, 9.17) is 12.2 Å². The van der Waals surface area contributed by atoms with Crippen LogP contribution in [0.2, 0.25) is 0 Å². The number of hydrogen-bond acceptors (Lipinski definition) is 3. The number of amides is 1. The molecule has 1 amide bonds. The van der Waals surface area contributed by atoms with Crippen molar-refractivity contribution in [3.63, 3.8) is 0 Å². The van der Waals surface area contributed by atoms with E-state index in [0.717, 1.165) is 24.3 Å². The number of nitrogens with zero attached hydrogens (tertiary/aromatic N) is 1. The maximum Gasteiger partial charge on any atom is 0.240 e. The van der Waals surface area contributed by atoms with E-state index in [9.17, 15) is 4.79 Å². The Morgan fingerprint density at radius 2 is 2.41 bits per heavy atom. The van der Waals surface area contributed by atoms with Crippen molar-refractivity contribution in [1.29, 1.82) is 0 Å². The Balaban J connectivity index is 2.07. The first-order chi connectivity index (χ1) is 8.22. The second-order valence-electron chi connectivity index (χ2n) is 4.01. The number of nitrogen functional groups attached to an aromatic ring is 1. The summed E-state index contributed by atoms with van der Waals surface area (Å²) in [6, 6.07) is 5.84. The molecule has 88 valence electrons. The number of para-hydroxylation sites is 1. The summed E-state index contributed by atoms with van der Waals surface area (Å²) in [5.41, 5.74) is 8.85. The Hall–Kier alpha value is -2.15. The molecule has 1 aliphatic rings. The van der Waals surface area contributed by atoms with Crippen molar-refractivity contribution in [3.8, 4) is 12.3 Å². The predicted octanol–water partition coefficient (Wildman–Crippen LogP) is 0.381. The van der Waals surface area contributed by atoms with Gasteiger partial charge in [-0.25, -0.2) is 0 Å². The summed E-state index contributed by atoms with van der Waals surface area (Å²) in [6.45, 7) is 1.40. The number of nitrogens with one attached hydrogen (secondary N) is 1. The third-order valence-electron chi connectivity index (χ3n) is 2.84. The lowest BCUT2D eigenvalue weighted by Crippen LogP contribution is -2.36. The quantitative estimate of drug-likeness (QED) is 0.582. The van der Waals surface area contributed by atoms with E-state index in [1.165, 1.54) is 5.56 Å². The van der Waals surface area contributed by atoms with E-state index in [2.05, 4.69) is 11.2 Å². The summed E-state index contributed by atoms with van der Waals surface area (Å²) in [5, 5.41) is 2.65. The molecule has 0 bridgehead atoms. The number of carbonyl (C=O) groups is 1. The van der Waals surface area contributed by atoms with Crippen LogP contribution in [0.4, 0.5) is 11.4 Å². The van der Waals surface area contributed by atoms with Gasteiger partial charge in [-0.15, -0.1) is 6.42 Å². The van der Waals surface area contributed by atoms with Gasteiger partial charge < -0.3 is 16.0 Å². The Morgan fingerprint density at radius 3 is 3.18 bits per heavy atom. The predicted molar refractivity (Wildman–Crippen MR) is 68.6 cm³/mol. The van der Waals surface area contributed by atoms with Gasteiger partial charge in [0.05, 0.1) is 24.5 Å². The zero-order valence-corrected chi connectivity index (χ0v) is 9.57. The van der Waals surface area contributed by atoms with Crippen LogP contribution >= 0.6 is 0 Å². The van der Waals surface area contributed by atoms with Gasteiger partial charge in [-0.1, -0.05) is 18.1 Å². The second kappa shape index (κ2) is 4.79. The number of benzene rings is 1. The van der Waals surface area contributed by atoms with Gasteiger partial charge >= 0.3 is 0 Å². The Morgan fingerprint density at radius 1 is 1.59 bits per heavy atom. The molecule has 1 aromatic carbocycles. The topological polar surface area (TPSA) is 58.4 Å². The lowest BCUT2D eigenvalue weighted by Gasteiger charge is -2.19. The van der Waals surface area contributed by atoms with Crippen LogP contribution in [0.3, 0.4) is 0 Å². The van der Waals surface area contributed by atoms with Crippen LogP contribution in [-0.4, -0.2) is 25.5 Å². The van der Waals surface area contributed by atoms with Crippen molar-refractivity contribution < 1.29 is 4.79 Å². The summed E-state index contributed by atoms with van der Waals surface area (Å²) in [6.07, 6.45) is 6.02. The first-order valence-electron chi connectivity index (χ1n) is 5.55. The molecule has 1 heterocycles. The maximum absolute atomic E-state index is 11.6. The molecule has 4 nitrogen and oxygen atoms in total. The molecule has 0 aliphatic carbocycles. The molecule has 0 saturated carbocycles. The van der Waals surface area contributed by atoms with Crippen LogP contribution in [0.5, 0.6) is 0 Å². The molecule has 0 spiro atoms. The highest BCUT2D eigenvalue weighted by atomic mass is 16.2. The first kappa shape index (κ1) is 11.3. The fourth-order valence-corrected chi connectivity index (χ4v) is 2.10. The molecule has 0 unspecified atom stereocenters. The fourth-order valence-electron chi connectivity index (χ4n) is 2.10. The second-order valence-corrected chi connectivity index (χ2v) is 4.01. The van der Waals surface area contributed by atoms with Gasteiger partial charge in [-0.3, -0.25) is 4.79 Å². The third kappa shape index (κ3) is 2.34. The average molecular weight is 229 g/mol. The van der Waals surface area contributed by atoms with Crippen molar-refractivity contribution in [3.05, 3.63) is 23.8 Å². The number of carbonyl (C=O) groups excluding carboxylic acids is 1. The van der Waals surface area contributed by atoms with Crippen LogP contribution in [0.1, 0.15) is 5.56 Å². The summed E-state index contributed by atoms with van der Waals surface area (Å²) in [5.74, 6) is 2.31. The standard InChI is InChI=1S/C13H15N3O/c1-2-7-15-12(17)9-16-8-6-10-4-3-5-11(14)13(10)16/h1,3-5H,6-9,14H2,(H,15,17). The fraction of sp³-hybridized carbons (Fsp3) is 0.308. The number of anilines is 2. The molecule has 0 fully saturated rings. The van der Waals surface area contributed by atoms with Crippen molar-refractivity contribution in [1.82, 2.24) is 5.32 Å². The molecule has 0 aromatic heterocycles. The number of hydrogen-bond donors (Lipinski definition) is 2. The van der Waals surface area contributed by atoms with E-state index in [1.54, 1.807) is 0 Å². The zero-order valence-electron chi connectivity index (χ0n) is 9.57. The van der Waals surface area contributed by atoms with Gasteiger partial charge in [0.2, 0.25) is 5.91 Å². The van der Waals surface area contributed by atoms with Gasteiger partial charge in [0, 0.05) is 6.54 Å². The minimum atomic E-state index is -0.0703. The first-order valence-corrected chi connectivity index (χ1v) is 5.55. The van der Waals surface area contributed by atoms with Crippen LogP contribution in [0, 0.1) is 12.3 Å². The van der Waals surface area contributed by atoms with Gasteiger partial charge in [0.25, 0.3) is 0 Å². The highest BCUT2D eigenvalue weighted by Crippen LogP contribution is 2.33. The highest BCUT2D eigenvalue weighted by molar-refractivity contribution is 5.85. The highest BCUT2D eigenvalue weighted by Gasteiger charge is 2.22. The number of nitrogens with two attached hydrogens (primary N) is 1. The third-order valence-corrected chi connectivity index (χ3v) is 2.84. The van der Waals surface area contributed by atoms with Crippen LogP contribution in [0.25, 0.3) is 0 Å². The molecule has 0 radical (unpaired) electrons. The molecule has 3 N–H and O–H groups in total.